The Morgan fingerprint density at radius 3 is 2.70 bits per heavy atom. The van der Waals surface area contributed by atoms with Gasteiger partial charge in [0.1, 0.15) is 18.1 Å². The minimum Gasteiger partial charge on any atom is -0.471 e. The molecule has 3 aromatic rings. The van der Waals surface area contributed by atoms with Gasteiger partial charge in [0, 0.05) is 23.0 Å². The number of hydrogen-bond donors (Lipinski definition) is 0. The van der Waals surface area contributed by atoms with Gasteiger partial charge in [0.05, 0.1) is 5.56 Å². The zero-order chi connectivity index (χ0) is 16.4. The van der Waals surface area contributed by atoms with Gasteiger partial charge in [-0.2, -0.15) is 0 Å². The van der Waals surface area contributed by atoms with Crippen LogP contribution in [0.15, 0.2) is 28.9 Å². The highest BCUT2D eigenvalue weighted by molar-refractivity contribution is 6.29. The van der Waals surface area contributed by atoms with E-state index < -0.39 is 0 Å². The van der Waals surface area contributed by atoms with Gasteiger partial charge in [0.25, 0.3) is 0 Å². The SMILES string of the molecule is Cc1ccc(-c2noc(C)c2COc2nnc(Cl)cc2C)cn1. The molecule has 0 aliphatic rings. The van der Waals surface area contributed by atoms with E-state index in [1.807, 2.05) is 32.9 Å². The summed E-state index contributed by atoms with van der Waals surface area (Å²) < 4.78 is 11.1. The number of pyridine rings is 1. The summed E-state index contributed by atoms with van der Waals surface area (Å²) in [6.07, 6.45) is 1.77. The van der Waals surface area contributed by atoms with Crippen LogP contribution in [0.25, 0.3) is 11.3 Å². The average molecular weight is 331 g/mol. The molecule has 23 heavy (non-hydrogen) atoms. The van der Waals surface area contributed by atoms with Gasteiger partial charge in [0.2, 0.25) is 5.88 Å². The van der Waals surface area contributed by atoms with Crippen molar-refractivity contribution in [1.82, 2.24) is 20.3 Å². The molecule has 3 aromatic heterocycles. The van der Waals surface area contributed by atoms with Crippen LogP contribution in [0, 0.1) is 20.8 Å². The molecule has 0 fully saturated rings. The van der Waals surface area contributed by atoms with Crippen molar-refractivity contribution in [3.63, 3.8) is 0 Å². The first-order valence-electron chi connectivity index (χ1n) is 7.05. The van der Waals surface area contributed by atoms with Crippen LogP contribution in [0.5, 0.6) is 5.88 Å². The molecule has 0 aliphatic heterocycles. The number of aryl methyl sites for hydroxylation is 3. The monoisotopic (exact) mass is 330 g/mol. The van der Waals surface area contributed by atoms with E-state index in [2.05, 4.69) is 20.3 Å². The van der Waals surface area contributed by atoms with Crippen molar-refractivity contribution in [3.8, 4) is 17.1 Å². The van der Waals surface area contributed by atoms with E-state index in [0.717, 1.165) is 28.1 Å². The Labute approximate surface area is 138 Å². The number of nitrogens with zero attached hydrogens (tertiary/aromatic N) is 4. The topological polar surface area (TPSA) is 73.9 Å². The fourth-order valence-corrected chi connectivity index (χ4v) is 2.32. The van der Waals surface area contributed by atoms with Gasteiger partial charge < -0.3 is 9.26 Å². The quantitative estimate of drug-likeness (QED) is 0.726. The van der Waals surface area contributed by atoms with E-state index in [9.17, 15) is 0 Å². The maximum atomic E-state index is 5.80. The second-order valence-electron chi connectivity index (χ2n) is 5.20. The minimum absolute atomic E-state index is 0.274. The predicted molar refractivity (Wildman–Crippen MR) is 85.3 cm³/mol. The van der Waals surface area contributed by atoms with Crippen LogP contribution < -0.4 is 4.74 Å². The van der Waals surface area contributed by atoms with Gasteiger partial charge >= 0.3 is 0 Å². The fourth-order valence-electron chi connectivity index (χ4n) is 2.12. The fraction of sp³-hybridized carbons (Fsp3) is 0.250. The molecule has 0 amide bonds. The van der Waals surface area contributed by atoms with Crippen molar-refractivity contribution < 1.29 is 9.26 Å². The van der Waals surface area contributed by atoms with Crippen LogP contribution in [-0.2, 0) is 6.61 Å². The summed E-state index contributed by atoms with van der Waals surface area (Å²) in [5.74, 6) is 1.13. The highest BCUT2D eigenvalue weighted by atomic mass is 35.5. The number of ether oxygens (including phenoxy) is 1. The maximum Gasteiger partial charge on any atom is 0.236 e. The summed E-state index contributed by atoms with van der Waals surface area (Å²) in [4.78, 5) is 4.29. The third-order valence-corrected chi connectivity index (χ3v) is 3.62. The second-order valence-corrected chi connectivity index (χ2v) is 5.59. The molecular formula is C16H15ClN4O2. The van der Waals surface area contributed by atoms with E-state index in [-0.39, 0.29) is 6.61 Å². The Balaban J connectivity index is 1.86. The molecule has 0 aliphatic carbocycles. The minimum atomic E-state index is 0.274. The molecule has 7 heteroatoms. The van der Waals surface area contributed by atoms with Crippen LogP contribution in [0.4, 0.5) is 0 Å². The van der Waals surface area contributed by atoms with Crippen molar-refractivity contribution in [2.75, 3.05) is 0 Å². The molecule has 3 heterocycles. The summed E-state index contributed by atoms with van der Waals surface area (Å²) in [6.45, 7) is 5.91. The number of aromatic nitrogens is 4. The molecular weight excluding hydrogens is 316 g/mol. The van der Waals surface area contributed by atoms with Gasteiger partial charge in [-0.05, 0) is 39.0 Å². The van der Waals surface area contributed by atoms with Crippen molar-refractivity contribution >= 4 is 11.6 Å². The molecule has 0 atom stereocenters. The number of hydrogen-bond acceptors (Lipinski definition) is 6. The van der Waals surface area contributed by atoms with Gasteiger partial charge in [-0.15, -0.1) is 10.2 Å². The van der Waals surface area contributed by atoms with E-state index in [1.165, 1.54) is 0 Å². The van der Waals surface area contributed by atoms with Gasteiger partial charge in [-0.25, -0.2) is 0 Å². The van der Waals surface area contributed by atoms with E-state index >= 15 is 0 Å². The first-order chi connectivity index (χ1) is 11.0. The van der Waals surface area contributed by atoms with Crippen LogP contribution in [0.1, 0.15) is 22.6 Å². The van der Waals surface area contributed by atoms with Gasteiger partial charge in [-0.3, -0.25) is 4.98 Å². The molecule has 0 N–H and O–H groups in total. The third kappa shape index (κ3) is 3.32. The molecule has 0 aromatic carbocycles. The van der Waals surface area contributed by atoms with Crippen LogP contribution in [-0.4, -0.2) is 20.3 Å². The van der Waals surface area contributed by atoms with E-state index in [1.54, 1.807) is 12.3 Å². The molecule has 0 saturated carbocycles. The Hall–Kier alpha value is -2.47. The molecule has 118 valence electrons. The zero-order valence-corrected chi connectivity index (χ0v) is 13.8. The third-order valence-electron chi connectivity index (χ3n) is 3.43. The highest BCUT2D eigenvalue weighted by Gasteiger charge is 2.16. The molecule has 6 nitrogen and oxygen atoms in total. The first-order valence-corrected chi connectivity index (χ1v) is 7.43. The molecule has 0 saturated heterocycles. The maximum absolute atomic E-state index is 5.80. The largest absolute Gasteiger partial charge is 0.471 e. The normalized spacial score (nSPS) is 10.8. The smallest absolute Gasteiger partial charge is 0.236 e. The Bertz CT molecular complexity index is 831. The Morgan fingerprint density at radius 1 is 1.17 bits per heavy atom. The molecule has 3 rings (SSSR count). The Morgan fingerprint density at radius 2 is 2.00 bits per heavy atom. The van der Waals surface area contributed by atoms with Crippen LogP contribution in [0.3, 0.4) is 0 Å². The lowest BCUT2D eigenvalue weighted by Crippen LogP contribution is -2.02. The summed E-state index contributed by atoms with van der Waals surface area (Å²) >= 11 is 5.80. The predicted octanol–water partition coefficient (Wildman–Crippen LogP) is 3.68. The number of halogens is 1. The average Bonchev–Trinajstić information content (AvgIpc) is 2.88. The van der Waals surface area contributed by atoms with Gasteiger partial charge in [0.15, 0.2) is 5.15 Å². The van der Waals surface area contributed by atoms with Crippen molar-refractivity contribution in [2.24, 2.45) is 0 Å². The summed E-state index contributed by atoms with van der Waals surface area (Å²) in [7, 11) is 0. The van der Waals surface area contributed by atoms with Crippen molar-refractivity contribution in [1.29, 1.82) is 0 Å². The summed E-state index contributed by atoms with van der Waals surface area (Å²) in [6, 6.07) is 5.59. The molecule has 0 bridgehead atoms. The van der Waals surface area contributed by atoms with Crippen molar-refractivity contribution in [3.05, 3.63) is 52.1 Å². The summed E-state index contributed by atoms with van der Waals surface area (Å²) in [5, 5.41) is 12.2. The number of rotatable bonds is 4. The molecule has 0 unspecified atom stereocenters. The lowest BCUT2D eigenvalue weighted by molar-refractivity contribution is 0.285. The first kappa shape index (κ1) is 15.4. The lowest BCUT2D eigenvalue weighted by Gasteiger charge is -2.07. The van der Waals surface area contributed by atoms with E-state index in [0.29, 0.717) is 16.8 Å². The molecule has 0 radical (unpaired) electrons. The lowest BCUT2D eigenvalue weighted by atomic mass is 10.1. The van der Waals surface area contributed by atoms with Gasteiger partial charge in [-0.1, -0.05) is 16.8 Å². The van der Waals surface area contributed by atoms with Crippen LogP contribution in [0.2, 0.25) is 5.15 Å². The summed E-state index contributed by atoms with van der Waals surface area (Å²) in [5.41, 5.74) is 4.21. The van der Waals surface area contributed by atoms with E-state index in [4.69, 9.17) is 20.9 Å². The van der Waals surface area contributed by atoms with Crippen LogP contribution >= 0.6 is 11.6 Å². The highest BCUT2D eigenvalue weighted by Crippen LogP contribution is 2.26. The second kappa shape index (κ2) is 6.34. The van der Waals surface area contributed by atoms with Crippen molar-refractivity contribution in [2.45, 2.75) is 27.4 Å². The Kier molecular flexibility index (Phi) is 4.25. The zero-order valence-electron chi connectivity index (χ0n) is 13.0. The standard InChI is InChI=1S/C16H15ClN4O2/c1-9-6-14(17)19-20-16(9)22-8-13-11(3)23-21-15(13)12-5-4-10(2)18-7-12/h4-7H,8H2,1-3H3. The molecule has 0 spiro atoms.